The molecule has 0 spiro atoms. The van der Waals surface area contributed by atoms with Crippen LogP contribution in [-0.4, -0.2) is 41.0 Å². The number of aryl methyl sites for hydroxylation is 1. The Hall–Kier alpha value is -3.28. The number of nitrogens with zero attached hydrogens (tertiary/aromatic N) is 2. The van der Waals surface area contributed by atoms with Crippen molar-refractivity contribution in [3.8, 4) is 5.75 Å². The maximum Gasteiger partial charge on any atom is 0.242 e. The average molecular weight is 446 g/mol. The van der Waals surface area contributed by atoms with Gasteiger partial charge in [0.25, 0.3) is 0 Å². The Kier molecular flexibility index (Phi) is 6.33. The summed E-state index contributed by atoms with van der Waals surface area (Å²) in [4.78, 5) is 27.5. The van der Waals surface area contributed by atoms with E-state index in [1.165, 1.54) is 5.56 Å². The molecular weight excluding hydrogens is 414 g/mol. The fraction of sp³-hybridized carbons (Fsp3) is 0.407. The molecule has 0 saturated carbocycles. The van der Waals surface area contributed by atoms with Crippen LogP contribution in [0.4, 0.5) is 0 Å². The molecule has 1 aromatic heterocycles. The SMILES string of the molecule is O=C(CC1CCCN(C(=O)Cn2ccc3ccccc32)C1)NCc1ccc2c(c1)CCCO2. The molecule has 6 nitrogen and oxygen atoms in total. The van der Waals surface area contributed by atoms with Gasteiger partial charge in [-0.3, -0.25) is 9.59 Å². The van der Waals surface area contributed by atoms with Gasteiger partial charge in [0, 0.05) is 37.8 Å². The molecule has 2 aliphatic heterocycles. The van der Waals surface area contributed by atoms with Gasteiger partial charge in [-0.2, -0.15) is 0 Å². The summed E-state index contributed by atoms with van der Waals surface area (Å²) in [5, 5.41) is 4.21. The van der Waals surface area contributed by atoms with Gasteiger partial charge in [0.15, 0.2) is 0 Å². The molecule has 2 amide bonds. The predicted octanol–water partition coefficient (Wildman–Crippen LogP) is 3.91. The number of likely N-dealkylation sites (tertiary alicyclic amines) is 1. The third-order valence-electron chi connectivity index (χ3n) is 6.79. The first-order valence-corrected chi connectivity index (χ1v) is 12.0. The molecule has 1 N–H and O–H groups in total. The Morgan fingerprint density at radius 3 is 2.94 bits per heavy atom. The van der Waals surface area contributed by atoms with Crippen molar-refractivity contribution in [2.24, 2.45) is 5.92 Å². The van der Waals surface area contributed by atoms with E-state index >= 15 is 0 Å². The number of carbonyl (C=O) groups excluding carboxylic acids is 2. The summed E-state index contributed by atoms with van der Waals surface area (Å²) < 4.78 is 7.68. The van der Waals surface area contributed by atoms with E-state index in [0.29, 0.717) is 26.1 Å². The zero-order valence-corrected chi connectivity index (χ0v) is 19.0. The molecule has 0 bridgehead atoms. The highest BCUT2D eigenvalue weighted by Gasteiger charge is 2.25. The zero-order chi connectivity index (χ0) is 22.6. The van der Waals surface area contributed by atoms with Gasteiger partial charge in [-0.15, -0.1) is 0 Å². The first-order chi connectivity index (χ1) is 16.2. The van der Waals surface area contributed by atoms with Crippen LogP contribution in [0.15, 0.2) is 54.7 Å². The fourth-order valence-electron chi connectivity index (χ4n) is 5.04. The van der Waals surface area contributed by atoms with Crippen LogP contribution in [-0.2, 0) is 29.1 Å². The number of benzene rings is 2. The molecule has 2 aromatic carbocycles. The molecule has 5 rings (SSSR count). The molecule has 6 heteroatoms. The third-order valence-corrected chi connectivity index (χ3v) is 6.79. The topological polar surface area (TPSA) is 63.6 Å². The number of carbonyl (C=O) groups is 2. The highest BCUT2D eigenvalue weighted by Crippen LogP contribution is 2.26. The van der Waals surface area contributed by atoms with Crippen molar-refractivity contribution in [2.75, 3.05) is 19.7 Å². The quantitative estimate of drug-likeness (QED) is 0.626. The highest BCUT2D eigenvalue weighted by molar-refractivity contribution is 5.83. The number of hydrogen-bond donors (Lipinski definition) is 1. The summed E-state index contributed by atoms with van der Waals surface area (Å²) in [6.45, 7) is 3.08. The minimum absolute atomic E-state index is 0.0553. The van der Waals surface area contributed by atoms with Gasteiger partial charge in [0.1, 0.15) is 12.3 Å². The second-order valence-corrected chi connectivity index (χ2v) is 9.23. The maximum absolute atomic E-state index is 13.0. The number of piperidine rings is 1. The van der Waals surface area contributed by atoms with Crippen molar-refractivity contribution >= 4 is 22.7 Å². The van der Waals surface area contributed by atoms with Gasteiger partial charge in [0.2, 0.25) is 11.8 Å². The number of ether oxygens (including phenoxy) is 1. The van der Waals surface area contributed by atoms with Gasteiger partial charge >= 0.3 is 0 Å². The van der Waals surface area contributed by atoms with E-state index in [4.69, 9.17) is 4.74 Å². The summed E-state index contributed by atoms with van der Waals surface area (Å²) in [6, 6.07) is 16.3. The van der Waals surface area contributed by atoms with Crippen LogP contribution in [0.3, 0.4) is 0 Å². The van der Waals surface area contributed by atoms with Crippen LogP contribution in [0, 0.1) is 5.92 Å². The standard InChI is InChI=1S/C27H31N3O3/c31-26(28-17-20-9-10-25-23(15-20)7-4-14-33-25)16-21-5-3-12-30(18-21)27(32)19-29-13-11-22-6-1-2-8-24(22)29/h1-2,6,8-11,13,15,21H,3-5,7,12,14,16-19H2,(H,28,31). The second kappa shape index (κ2) is 9.69. The number of fused-ring (bicyclic) bond motifs is 2. The van der Waals surface area contributed by atoms with Crippen molar-refractivity contribution in [2.45, 2.75) is 45.2 Å². The van der Waals surface area contributed by atoms with Crippen LogP contribution in [0.25, 0.3) is 10.9 Å². The van der Waals surface area contributed by atoms with Crippen LogP contribution >= 0.6 is 0 Å². The molecule has 0 radical (unpaired) electrons. The molecule has 3 aromatic rings. The Morgan fingerprint density at radius 2 is 2.00 bits per heavy atom. The van der Waals surface area contributed by atoms with Crippen molar-refractivity contribution < 1.29 is 14.3 Å². The van der Waals surface area contributed by atoms with Crippen molar-refractivity contribution in [1.29, 1.82) is 0 Å². The summed E-state index contributed by atoms with van der Waals surface area (Å²) >= 11 is 0. The van der Waals surface area contributed by atoms with Gasteiger partial charge < -0.3 is 19.5 Å². The molecule has 172 valence electrons. The largest absolute Gasteiger partial charge is 0.493 e. The van der Waals surface area contributed by atoms with E-state index in [1.54, 1.807) is 0 Å². The lowest BCUT2D eigenvalue weighted by Crippen LogP contribution is -2.42. The lowest BCUT2D eigenvalue weighted by molar-refractivity contribution is -0.134. The fourth-order valence-corrected chi connectivity index (χ4v) is 5.04. The highest BCUT2D eigenvalue weighted by atomic mass is 16.5. The molecule has 2 aliphatic rings. The second-order valence-electron chi connectivity index (χ2n) is 9.23. The van der Waals surface area contributed by atoms with E-state index in [-0.39, 0.29) is 17.7 Å². The smallest absolute Gasteiger partial charge is 0.242 e. The van der Waals surface area contributed by atoms with Gasteiger partial charge in [-0.25, -0.2) is 0 Å². The predicted molar refractivity (Wildman–Crippen MR) is 128 cm³/mol. The van der Waals surface area contributed by atoms with Crippen molar-refractivity contribution in [3.05, 3.63) is 65.9 Å². The van der Waals surface area contributed by atoms with Crippen molar-refractivity contribution in [3.63, 3.8) is 0 Å². The number of nitrogens with one attached hydrogen (secondary N) is 1. The average Bonchev–Trinajstić information content (AvgIpc) is 3.25. The lowest BCUT2D eigenvalue weighted by Gasteiger charge is -2.32. The Balaban J connectivity index is 1.12. The molecule has 1 fully saturated rings. The third kappa shape index (κ3) is 5.05. The number of hydrogen-bond acceptors (Lipinski definition) is 3. The van der Waals surface area contributed by atoms with E-state index in [9.17, 15) is 9.59 Å². The number of amides is 2. The summed E-state index contributed by atoms with van der Waals surface area (Å²) in [5.74, 6) is 1.36. The summed E-state index contributed by atoms with van der Waals surface area (Å²) in [7, 11) is 0. The molecule has 1 saturated heterocycles. The molecule has 1 unspecified atom stereocenters. The van der Waals surface area contributed by atoms with E-state index < -0.39 is 0 Å². The van der Waals surface area contributed by atoms with Gasteiger partial charge in [-0.1, -0.05) is 30.3 Å². The molecule has 33 heavy (non-hydrogen) atoms. The number of aromatic nitrogens is 1. The molecule has 3 heterocycles. The Bertz CT molecular complexity index is 1150. The van der Waals surface area contributed by atoms with E-state index in [1.807, 2.05) is 52.1 Å². The Morgan fingerprint density at radius 1 is 1.09 bits per heavy atom. The van der Waals surface area contributed by atoms with Crippen LogP contribution < -0.4 is 10.1 Å². The monoisotopic (exact) mass is 445 g/mol. The van der Waals surface area contributed by atoms with E-state index in [2.05, 4.69) is 17.4 Å². The molecular formula is C27H31N3O3. The first kappa shape index (κ1) is 21.6. The first-order valence-electron chi connectivity index (χ1n) is 12.0. The zero-order valence-electron chi connectivity index (χ0n) is 19.0. The Labute approximate surface area is 194 Å². The van der Waals surface area contributed by atoms with Crippen LogP contribution in [0.2, 0.25) is 0 Å². The summed E-state index contributed by atoms with van der Waals surface area (Å²) in [6.07, 6.45) is 6.44. The van der Waals surface area contributed by atoms with Gasteiger partial charge in [0.05, 0.1) is 6.61 Å². The van der Waals surface area contributed by atoms with Crippen LogP contribution in [0.1, 0.15) is 36.8 Å². The summed E-state index contributed by atoms with van der Waals surface area (Å²) in [5.41, 5.74) is 3.41. The van der Waals surface area contributed by atoms with Gasteiger partial charge in [-0.05, 0) is 66.3 Å². The van der Waals surface area contributed by atoms with Crippen LogP contribution in [0.5, 0.6) is 5.75 Å². The molecule has 0 aliphatic carbocycles. The van der Waals surface area contributed by atoms with Crippen molar-refractivity contribution in [1.82, 2.24) is 14.8 Å². The minimum Gasteiger partial charge on any atom is -0.493 e. The minimum atomic E-state index is 0.0553. The lowest BCUT2D eigenvalue weighted by atomic mass is 9.94. The maximum atomic E-state index is 13.0. The normalized spacial score (nSPS) is 17.9. The number of para-hydroxylation sites is 1. The van der Waals surface area contributed by atoms with E-state index in [0.717, 1.165) is 61.1 Å². The molecule has 1 atom stereocenters. The number of rotatable bonds is 6.